The van der Waals surface area contributed by atoms with E-state index in [4.69, 9.17) is 11.6 Å². The molecule has 0 spiro atoms. The Bertz CT molecular complexity index is 482. The average molecular weight is 224 g/mol. The molecule has 0 saturated carbocycles. The number of hydrogen-bond donors (Lipinski definition) is 1. The molecule has 3 rings (SSSR count). The number of nitrogens with one attached hydrogen (secondary N) is 1. The lowest BCUT2D eigenvalue weighted by atomic mass is 10.4. The Morgan fingerprint density at radius 2 is 2.33 bits per heavy atom. The van der Waals surface area contributed by atoms with Crippen molar-refractivity contribution in [3.05, 3.63) is 12.7 Å². The molecule has 1 aliphatic rings. The van der Waals surface area contributed by atoms with Gasteiger partial charge in [0.05, 0.1) is 11.7 Å². The van der Waals surface area contributed by atoms with E-state index in [-0.39, 0.29) is 5.38 Å². The molecule has 1 N–H and O–H groups in total. The number of aromatic nitrogens is 4. The summed E-state index contributed by atoms with van der Waals surface area (Å²) in [5.74, 6) is 0.903. The molecule has 2 aromatic rings. The third-order valence-corrected chi connectivity index (χ3v) is 2.99. The summed E-state index contributed by atoms with van der Waals surface area (Å²) in [5.41, 5.74) is 1.60. The molecule has 5 nitrogen and oxygen atoms in total. The van der Waals surface area contributed by atoms with Gasteiger partial charge in [0.2, 0.25) is 0 Å². The van der Waals surface area contributed by atoms with E-state index in [0.717, 1.165) is 30.8 Å². The van der Waals surface area contributed by atoms with E-state index >= 15 is 0 Å². The summed E-state index contributed by atoms with van der Waals surface area (Å²) in [6.45, 7) is 1.78. The minimum Gasteiger partial charge on any atom is -0.353 e. The Balaban J connectivity index is 2.06. The molecular formula is C9H10ClN5. The van der Waals surface area contributed by atoms with E-state index in [2.05, 4.69) is 24.8 Å². The second-order valence-corrected chi connectivity index (χ2v) is 4.25. The standard InChI is InChI=1S/C9H10ClN5/c10-6-1-2-15(3-6)9-7-8(12-4-11-7)13-5-14-9/h4-6H,1-3H2,(H,11,12,13,14). The van der Waals surface area contributed by atoms with Crippen molar-refractivity contribution in [2.45, 2.75) is 11.8 Å². The lowest BCUT2D eigenvalue weighted by Gasteiger charge is -2.16. The molecule has 0 aliphatic carbocycles. The zero-order valence-corrected chi connectivity index (χ0v) is 8.78. The van der Waals surface area contributed by atoms with Gasteiger partial charge in [0.15, 0.2) is 11.5 Å². The Morgan fingerprint density at radius 3 is 3.13 bits per heavy atom. The van der Waals surface area contributed by atoms with Crippen molar-refractivity contribution >= 4 is 28.6 Å². The van der Waals surface area contributed by atoms with Crippen LogP contribution in [0.4, 0.5) is 5.82 Å². The average Bonchev–Trinajstić information content (AvgIpc) is 2.84. The Hall–Kier alpha value is -1.36. The topological polar surface area (TPSA) is 57.7 Å². The summed E-state index contributed by atoms with van der Waals surface area (Å²) in [5, 5.41) is 0.220. The van der Waals surface area contributed by atoms with Gasteiger partial charge >= 0.3 is 0 Å². The van der Waals surface area contributed by atoms with E-state index in [1.165, 1.54) is 0 Å². The molecule has 1 aliphatic heterocycles. The van der Waals surface area contributed by atoms with Gasteiger partial charge in [-0.3, -0.25) is 0 Å². The van der Waals surface area contributed by atoms with Crippen LogP contribution in [0.2, 0.25) is 0 Å². The highest BCUT2D eigenvalue weighted by molar-refractivity contribution is 6.21. The van der Waals surface area contributed by atoms with Crippen LogP contribution in [0.15, 0.2) is 12.7 Å². The largest absolute Gasteiger partial charge is 0.353 e. The summed E-state index contributed by atoms with van der Waals surface area (Å²) in [7, 11) is 0. The maximum absolute atomic E-state index is 6.07. The van der Waals surface area contributed by atoms with Gasteiger partial charge < -0.3 is 9.88 Å². The SMILES string of the molecule is ClC1CCN(c2ncnc3nc[nH]c23)C1. The minimum atomic E-state index is 0.220. The van der Waals surface area contributed by atoms with Gasteiger partial charge in [0.25, 0.3) is 0 Å². The van der Waals surface area contributed by atoms with Crippen LogP contribution in [-0.2, 0) is 0 Å². The van der Waals surface area contributed by atoms with Crippen molar-refractivity contribution in [3.63, 3.8) is 0 Å². The van der Waals surface area contributed by atoms with Gasteiger partial charge in [-0.15, -0.1) is 11.6 Å². The molecule has 3 heterocycles. The molecule has 2 aromatic heterocycles. The van der Waals surface area contributed by atoms with Crippen molar-refractivity contribution in [1.29, 1.82) is 0 Å². The molecule has 78 valence electrons. The van der Waals surface area contributed by atoms with Crippen LogP contribution in [0.25, 0.3) is 11.2 Å². The highest BCUT2D eigenvalue weighted by atomic mass is 35.5. The number of H-pyrrole nitrogens is 1. The summed E-state index contributed by atoms with van der Waals surface area (Å²) in [6, 6.07) is 0. The monoisotopic (exact) mass is 223 g/mol. The van der Waals surface area contributed by atoms with Crippen molar-refractivity contribution in [3.8, 4) is 0 Å². The van der Waals surface area contributed by atoms with Crippen LogP contribution in [0.5, 0.6) is 0 Å². The number of halogens is 1. The summed E-state index contributed by atoms with van der Waals surface area (Å²) in [6.07, 6.45) is 4.18. The summed E-state index contributed by atoms with van der Waals surface area (Å²) < 4.78 is 0. The van der Waals surface area contributed by atoms with Crippen LogP contribution < -0.4 is 4.90 Å². The van der Waals surface area contributed by atoms with Crippen molar-refractivity contribution in [2.75, 3.05) is 18.0 Å². The number of anilines is 1. The molecule has 0 radical (unpaired) electrons. The molecule has 0 bridgehead atoms. The zero-order chi connectivity index (χ0) is 10.3. The number of fused-ring (bicyclic) bond motifs is 1. The molecule has 1 fully saturated rings. The van der Waals surface area contributed by atoms with E-state index < -0.39 is 0 Å². The second-order valence-electron chi connectivity index (χ2n) is 3.63. The number of alkyl halides is 1. The van der Waals surface area contributed by atoms with Crippen LogP contribution >= 0.6 is 11.6 Å². The first-order valence-corrected chi connectivity index (χ1v) is 5.31. The normalized spacial score (nSPS) is 21.4. The third-order valence-electron chi connectivity index (χ3n) is 2.63. The molecule has 1 atom stereocenters. The lowest BCUT2D eigenvalue weighted by molar-refractivity contribution is 0.937. The summed E-state index contributed by atoms with van der Waals surface area (Å²) >= 11 is 6.07. The second kappa shape index (κ2) is 3.34. The van der Waals surface area contributed by atoms with Crippen LogP contribution in [0.3, 0.4) is 0 Å². The number of hydrogen-bond acceptors (Lipinski definition) is 4. The van der Waals surface area contributed by atoms with Gasteiger partial charge in [-0.2, -0.15) is 0 Å². The van der Waals surface area contributed by atoms with Crippen molar-refractivity contribution in [1.82, 2.24) is 19.9 Å². The predicted octanol–water partition coefficient (Wildman–Crippen LogP) is 1.17. The zero-order valence-electron chi connectivity index (χ0n) is 8.02. The van der Waals surface area contributed by atoms with Crippen molar-refractivity contribution in [2.24, 2.45) is 0 Å². The number of rotatable bonds is 1. The molecule has 1 unspecified atom stereocenters. The van der Waals surface area contributed by atoms with E-state index in [0.29, 0.717) is 5.65 Å². The Morgan fingerprint density at radius 1 is 1.40 bits per heavy atom. The fourth-order valence-corrected chi connectivity index (χ4v) is 2.17. The lowest BCUT2D eigenvalue weighted by Crippen LogP contribution is -2.21. The Labute approximate surface area is 91.5 Å². The molecular weight excluding hydrogens is 214 g/mol. The van der Waals surface area contributed by atoms with Crippen LogP contribution in [0, 0.1) is 0 Å². The summed E-state index contributed by atoms with van der Waals surface area (Å²) in [4.78, 5) is 17.7. The van der Waals surface area contributed by atoms with E-state index in [1.807, 2.05) is 0 Å². The fourth-order valence-electron chi connectivity index (χ4n) is 1.90. The maximum Gasteiger partial charge on any atom is 0.182 e. The van der Waals surface area contributed by atoms with Gasteiger partial charge in [-0.05, 0) is 6.42 Å². The Kier molecular flexibility index (Phi) is 1.98. The first kappa shape index (κ1) is 8.91. The maximum atomic E-state index is 6.07. The van der Waals surface area contributed by atoms with Crippen LogP contribution in [-0.4, -0.2) is 38.4 Å². The third kappa shape index (κ3) is 1.43. The van der Waals surface area contributed by atoms with Crippen LogP contribution in [0.1, 0.15) is 6.42 Å². The first-order chi connectivity index (χ1) is 7.34. The molecule has 0 aromatic carbocycles. The molecule has 0 amide bonds. The number of nitrogens with zero attached hydrogens (tertiary/aromatic N) is 4. The number of imidazole rings is 1. The van der Waals surface area contributed by atoms with E-state index in [9.17, 15) is 0 Å². The van der Waals surface area contributed by atoms with Gasteiger partial charge in [-0.25, -0.2) is 15.0 Å². The molecule has 1 saturated heterocycles. The molecule has 6 heteroatoms. The predicted molar refractivity (Wildman–Crippen MR) is 58.2 cm³/mol. The molecule has 15 heavy (non-hydrogen) atoms. The minimum absolute atomic E-state index is 0.220. The highest BCUT2D eigenvalue weighted by Gasteiger charge is 2.23. The van der Waals surface area contributed by atoms with Crippen molar-refractivity contribution < 1.29 is 0 Å². The van der Waals surface area contributed by atoms with Gasteiger partial charge in [-0.1, -0.05) is 0 Å². The number of aromatic amines is 1. The smallest absolute Gasteiger partial charge is 0.182 e. The van der Waals surface area contributed by atoms with Gasteiger partial charge in [0.1, 0.15) is 11.8 Å². The first-order valence-electron chi connectivity index (χ1n) is 4.87. The van der Waals surface area contributed by atoms with E-state index in [1.54, 1.807) is 12.7 Å². The van der Waals surface area contributed by atoms with Gasteiger partial charge in [0, 0.05) is 13.1 Å². The highest BCUT2D eigenvalue weighted by Crippen LogP contribution is 2.25. The fraction of sp³-hybridized carbons (Fsp3) is 0.444. The quantitative estimate of drug-likeness (QED) is 0.738.